The van der Waals surface area contributed by atoms with Crippen LogP contribution in [0.15, 0.2) is 72.8 Å². The summed E-state index contributed by atoms with van der Waals surface area (Å²) in [7, 11) is 3.17. The number of aryl methyl sites for hydroxylation is 1. The van der Waals surface area contributed by atoms with Crippen LogP contribution in [0.2, 0.25) is 0 Å². The maximum atomic E-state index is 13.3. The van der Waals surface area contributed by atoms with Gasteiger partial charge in [-0.3, -0.25) is 9.59 Å². The van der Waals surface area contributed by atoms with Crippen molar-refractivity contribution in [3.05, 3.63) is 95.1 Å². The number of ether oxygens (including phenoxy) is 2. The number of hydrogen-bond acceptors (Lipinski definition) is 4. The van der Waals surface area contributed by atoms with Crippen molar-refractivity contribution in [3.8, 4) is 11.5 Å². The third kappa shape index (κ3) is 4.91. The number of carbonyl (C=O) groups is 2. The fourth-order valence-electron chi connectivity index (χ4n) is 3.20. The summed E-state index contributed by atoms with van der Waals surface area (Å²) in [5.74, 6) is 0.640. The molecule has 0 aliphatic heterocycles. The molecule has 0 aromatic heterocycles. The van der Waals surface area contributed by atoms with Gasteiger partial charge in [0.2, 0.25) is 0 Å². The molecule has 1 unspecified atom stereocenters. The summed E-state index contributed by atoms with van der Waals surface area (Å²) < 4.78 is 10.4. The third-order valence-corrected chi connectivity index (χ3v) is 4.97. The molecule has 1 atom stereocenters. The molecule has 3 aromatic rings. The highest BCUT2D eigenvalue weighted by molar-refractivity contribution is 6.06. The normalized spacial score (nSPS) is 11.6. The van der Waals surface area contributed by atoms with E-state index in [4.69, 9.17) is 9.47 Å². The Morgan fingerprint density at radius 1 is 0.724 bits per heavy atom. The molecule has 0 bridgehead atoms. The van der Waals surface area contributed by atoms with E-state index < -0.39 is 5.92 Å². The van der Waals surface area contributed by atoms with Crippen LogP contribution in [0, 0.1) is 6.92 Å². The molecule has 0 N–H and O–H groups in total. The largest absolute Gasteiger partial charge is 0.497 e. The van der Waals surface area contributed by atoms with Crippen molar-refractivity contribution in [3.63, 3.8) is 0 Å². The lowest BCUT2D eigenvalue weighted by molar-refractivity contribution is 0.0893. The van der Waals surface area contributed by atoms with E-state index in [1.807, 2.05) is 31.2 Å². The summed E-state index contributed by atoms with van der Waals surface area (Å²) in [5, 5.41) is 0. The van der Waals surface area contributed by atoms with Crippen LogP contribution in [0.4, 0.5) is 0 Å². The van der Waals surface area contributed by atoms with Crippen molar-refractivity contribution in [2.24, 2.45) is 0 Å². The first-order valence-corrected chi connectivity index (χ1v) is 9.44. The van der Waals surface area contributed by atoms with Crippen LogP contribution in [-0.2, 0) is 0 Å². The molecule has 0 fully saturated rings. The van der Waals surface area contributed by atoms with E-state index in [1.54, 1.807) is 62.8 Å². The molecule has 0 spiro atoms. The fourth-order valence-corrected chi connectivity index (χ4v) is 3.20. The zero-order valence-electron chi connectivity index (χ0n) is 16.8. The molecule has 4 nitrogen and oxygen atoms in total. The van der Waals surface area contributed by atoms with Gasteiger partial charge >= 0.3 is 0 Å². The van der Waals surface area contributed by atoms with Crippen molar-refractivity contribution in [2.45, 2.75) is 19.3 Å². The summed E-state index contributed by atoms with van der Waals surface area (Å²) in [6.07, 6.45) is 0.0975. The Kier molecular flexibility index (Phi) is 6.45. The Morgan fingerprint density at radius 2 is 1.21 bits per heavy atom. The number of hydrogen-bond donors (Lipinski definition) is 0. The van der Waals surface area contributed by atoms with Gasteiger partial charge < -0.3 is 9.47 Å². The van der Waals surface area contributed by atoms with Crippen molar-refractivity contribution in [1.29, 1.82) is 0 Å². The lowest BCUT2D eigenvalue weighted by atomic mass is 9.85. The Labute approximate surface area is 171 Å². The Bertz CT molecular complexity index is 971. The Hall–Kier alpha value is -3.40. The van der Waals surface area contributed by atoms with Crippen LogP contribution in [0.3, 0.4) is 0 Å². The zero-order valence-corrected chi connectivity index (χ0v) is 16.8. The minimum absolute atomic E-state index is 0.0623. The summed E-state index contributed by atoms with van der Waals surface area (Å²) in [4.78, 5) is 26.2. The highest BCUT2D eigenvalue weighted by Crippen LogP contribution is 2.28. The molecule has 0 amide bonds. The van der Waals surface area contributed by atoms with Gasteiger partial charge in [-0.05, 0) is 48.9 Å². The minimum Gasteiger partial charge on any atom is -0.497 e. The topological polar surface area (TPSA) is 52.6 Å². The van der Waals surface area contributed by atoms with Gasteiger partial charge in [0, 0.05) is 17.5 Å². The molecule has 0 aliphatic carbocycles. The van der Waals surface area contributed by atoms with Crippen molar-refractivity contribution in [1.82, 2.24) is 0 Å². The molecule has 29 heavy (non-hydrogen) atoms. The number of carbonyl (C=O) groups excluding carboxylic acids is 2. The van der Waals surface area contributed by atoms with Gasteiger partial charge in [-0.15, -0.1) is 0 Å². The second-order valence-corrected chi connectivity index (χ2v) is 6.91. The second kappa shape index (κ2) is 9.20. The van der Waals surface area contributed by atoms with Gasteiger partial charge in [-0.1, -0.05) is 42.0 Å². The number of Topliss-reactive ketones (excluding diaryl/α,β-unsaturated/α-hetero) is 2. The highest BCUT2D eigenvalue weighted by Gasteiger charge is 2.25. The van der Waals surface area contributed by atoms with Gasteiger partial charge in [0.25, 0.3) is 0 Å². The van der Waals surface area contributed by atoms with Gasteiger partial charge in [-0.25, -0.2) is 0 Å². The summed E-state index contributed by atoms with van der Waals surface area (Å²) in [5.41, 5.74) is 3.02. The van der Waals surface area contributed by atoms with Crippen LogP contribution in [0.5, 0.6) is 11.5 Å². The van der Waals surface area contributed by atoms with Crippen LogP contribution >= 0.6 is 0 Å². The van der Waals surface area contributed by atoms with E-state index >= 15 is 0 Å². The summed E-state index contributed by atoms with van der Waals surface area (Å²) in [6.45, 7) is 1.97. The fraction of sp³-hybridized carbons (Fsp3) is 0.200. The molecule has 4 heteroatoms. The predicted molar refractivity (Wildman–Crippen MR) is 113 cm³/mol. The Morgan fingerprint density at radius 3 is 1.72 bits per heavy atom. The number of ketones is 2. The van der Waals surface area contributed by atoms with Gasteiger partial charge in [0.05, 0.1) is 20.1 Å². The molecule has 0 saturated carbocycles. The second-order valence-electron chi connectivity index (χ2n) is 6.91. The Balaban J connectivity index is 1.92. The van der Waals surface area contributed by atoms with E-state index in [9.17, 15) is 9.59 Å². The smallest absolute Gasteiger partial charge is 0.170 e. The van der Waals surface area contributed by atoms with Crippen molar-refractivity contribution >= 4 is 11.6 Å². The quantitative estimate of drug-likeness (QED) is 0.495. The lowest BCUT2D eigenvalue weighted by Crippen LogP contribution is -2.17. The van der Waals surface area contributed by atoms with Crippen LogP contribution in [-0.4, -0.2) is 25.8 Å². The molecule has 0 radical (unpaired) electrons. The van der Waals surface area contributed by atoms with E-state index in [1.165, 1.54) is 0 Å². The first kappa shape index (κ1) is 20.3. The maximum Gasteiger partial charge on any atom is 0.170 e. The van der Waals surface area contributed by atoms with Gasteiger partial charge in [0.1, 0.15) is 11.5 Å². The van der Waals surface area contributed by atoms with Gasteiger partial charge in [-0.2, -0.15) is 0 Å². The third-order valence-electron chi connectivity index (χ3n) is 4.97. The number of methoxy groups -OCH3 is 2. The number of benzene rings is 3. The summed E-state index contributed by atoms with van der Waals surface area (Å²) >= 11 is 0. The standard InChI is InChI=1S/C25H24O4/c1-17-4-6-19(7-5-17)24(26)16-23(18-8-12-21(28-2)13-9-18)25(27)20-10-14-22(29-3)15-11-20/h4-15,23H,16H2,1-3H3. The highest BCUT2D eigenvalue weighted by atomic mass is 16.5. The van der Waals surface area contributed by atoms with Gasteiger partial charge in [0.15, 0.2) is 11.6 Å². The van der Waals surface area contributed by atoms with E-state index in [0.29, 0.717) is 22.6 Å². The average Bonchev–Trinajstić information content (AvgIpc) is 2.77. The van der Waals surface area contributed by atoms with Crippen LogP contribution in [0.25, 0.3) is 0 Å². The first-order chi connectivity index (χ1) is 14.0. The van der Waals surface area contributed by atoms with Crippen LogP contribution in [0.1, 0.15) is 44.2 Å². The first-order valence-electron chi connectivity index (χ1n) is 9.44. The lowest BCUT2D eigenvalue weighted by Gasteiger charge is -2.17. The molecular weight excluding hydrogens is 364 g/mol. The van der Waals surface area contributed by atoms with E-state index in [-0.39, 0.29) is 18.0 Å². The monoisotopic (exact) mass is 388 g/mol. The predicted octanol–water partition coefficient (Wildman–Crippen LogP) is 5.25. The maximum absolute atomic E-state index is 13.3. The minimum atomic E-state index is -0.580. The van der Waals surface area contributed by atoms with Crippen LogP contribution < -0.4 is 9.47 Å². The van der Waals surface area contributed by atoms with Crippen molar-refractivity contribution < 1.29 is 19.1 Å². The molecule has 0 aliphatic rings. The molecule has 0 heterocycles. The molecule has 3 aromatic carbocycles. The molecular formula is C25H24O4. The molecule has 0 saturated heterocycles. The SMILES string of the molecule is COc1ccc(C(=O)C(CC(=O)c2ccc(C)cc2)c2ccc(OC)cc2)cc1. The zero-order chi connectivity index (χ0) is 20.8. The number of rotatable bonds is 8. The van der Waals surface area contributed by atoms with E-state index in [2.05, 4.69) is 0 Å². The van der Waals surface area contributed by atoms with Crippen molar-refractivity contribution in [2.75, 3.05) is 14.2 Å². The molecule has 3 rings (SSSR count). The molecule has 148 valence electrons. The summed E-state index contributed by atoms with van der Waals surface area (Å²) in [6, 6.07) is 21.7. The average molecular weight is 388 g/mol. The van der Waals surface area contributed by atoms with E-state index in [0.717, 1.165) is 11.1 Å².